The summed E-state index contributed by atoms with van der Waals surface area (Å²) in [5, 5.41) is 1.02. The third kappa shape index (κ3) is 7.60. The summed E-state index contributed by atoms with van der Waals surface area (Å²) in [7, 11) is -3.70. The van der Waals surface area contributed by atoms with E-state index in [0.717, 1.165) is 16.5 Å². The molecule has 130 valence electrons. The summed E-state index contributed by atoms with van der Waals surface area (Å²) in [6, 6.07) is 18.6. The lowest BCUT2D eigenvalue weighted by Crippen LogP contribution is -2.29. The van der Waals surface area contributed by atoms with Crippen LogP contribution in [0, 0.1) is 0 Å². The number of sulfonamides is 1. The second-order valence-electron chi connectivity index (χ2n) is 5.08. The van der Waals surface area contributed by atoms with E-state index in [1.807, 2.05) is 42.5 Å². The first-order valence-corrected chi connectivity index (χ1v) is 9.20. The molecule has 6 heteroatoms. The molecule has 0 aliphatic carbocycles. The number of rotatable bonds is 8. The van der Waals surface area contributed by atoms with Crippen molar-refractivity contribution < 1.29 is 17.9 Å². The Balaban J connectivity index is 1.73. The van der Waals surface area contributed by atoms with Gasteiger partial charge in [-0.3, -0.25) is 4.79 Å². The van der Waals surface area contributed by atoms with E-state index in [2.05, 4.69) is 4.72 Å². The van der Waals surface area contributed by atoms with Crippen molar-refractivity contribution in [3.05, 3.63) is 83.3 Å². The van der Waals surface area contributed by atoms with Crippen molar-refractivity contribution in [2.24, 2.45) is 0 Å². The lowest BCUT2D eigenvalue weighted by molar-refractivity contribution is -0.140. The molecule has 0 spiro atoms. The van der Waals surface area contributed by atoms with E-state index < -0.39 is 22.5 Å². The Kier molecular flexibility index (Phi) is 7.13. The number of hydrogen-bond donors (Lipinski definition) is 1. The van der Waals surface area contributed by atoms with Gasteiger partial charge in [-0.25, -0.2) is 13.1 Å². The maximum absolute atomic E-state index is 11.8. The molecule has 1 N–H and O–H groups in total. The van der Waals surface area contributed by atoms with Gasteiger partial charge in [0.1, 0.15) is 13.2 Å². The van der Waals surface area contributed by atoms with Gasteiger partial charge in [0.15, 0.2) is 0 Å². The number of esters is 1. The van der Waals surface area contributed by atoms with Crippen LogP contribution >= 0.6 is 0 Å². The Bertz CT molecular complexity index is 828. The lowest BCUT2D eigenvalue weighted by Gasteiger charge is -2.03. The van der Waals surface area contributed by atoms with Gasteiger partial charge in [0, 0.05) is 5.41 Å². The number of carbonyl (C=O) groups excluding carboxylic acids is 1. The second-order valence-corrected chi connectivity index (χ2v) is 6.73. The predicted octanol–water partition coefficient (Wildman–Crippen LogP) is 2.83. The topological polar surface area (TPSA) is 72.5 Å². The summed E-state index contributed by atoms with van der Waals surface area (Å²) in [6.45, 7) is -0.337. The van der Waals surface area contributed by atoms with E-state index in [4.69, 9.17) is 4.74 Å². The zero-order chi connectivity index (χ0) is 18.0. The van der Waals surface area contributed by atoms with Crippen molar-refractivity contribution in [3.63, 3.8) is 0 Å². The fourth-order valence-corrected chi connectivity index (χ4v) is 2.63. The third-order valence-corrected chi connectivity index (χ3v) is 4.15. The lowest BCUT2D eigenvalue weighted by atomic mass is 10.2. The average Bonchev–Trinajstić information content (AvgIpc) is 2.64. The van der Waals surface area contributed by atoms with E-state index in [-0.39, 0.29) is 6.61 Å². The van der Waals surface area contributed by atoms with Gasteiger partial charge in [0.2, 0.25) is 10.0 Å². The molecule has 0 bridgehead atoms. The van der Waals surface area contributed by atoms with Gasteiger partial charge < -0.3 is 4.74 Å². The summed E-state index contributed by atoms with van der Waals surface area (Å²) in [6.07, 6.45) is 4.97. The minimum absolute atomic E-state index is 0.0787. The number of carbonyl (C=O) groups is 1. The van der Waals surface area contributed by atoms with Gasteiger partial charge in [-0.15, -0.1) is 0 Å². The first-order valence-electron chi connectivity index (χ1n) is 7.65. The van der Waals surface area contributed by atoms with Crippen LogP contribution in [0.25, 0.3) is 12.2 Å². The van der Waals surface area contributed by atoms with E-state index in [1.165, 1.54) is 6.08 Å². The van der Waals surface area contributed by atoms with Crippen LogP contribution in [-0.4, -0.2) is 27.5 Å². The van der Waals surface area contributed by atoms with Crippen molar-refractivity contribution in [2.45, 2.75) is 0 Å². The van der Waals surface area contributed by atoms with Crippen molar-refractivity contribution in [2.75, 3.05) is 13.2 Å². The van der Waals surface area contributed by atoms with Crippen LogP contribution in [0.3, 0.4) is 0 Å². The number of ether oxygens (including phenoxy) is 1. The fourth-order valence-electron chi connectivity index (χ4n) is 1.88. The number of benzene rings is 2. The molecule has 0 unspecified atom stereocenters. The maximum atomic E-state index is 11.8. The van der Waals surface area contributed by atoms with Crippen LogP contribution in [0.4, 0.5) is 0 Å². The van der Waals surface area contributed by atoms with E-state index in [0.29, 0.717) is 0 Å². The molecule has 0 heterocycles. The second kappa shape index (κ2) is 9.56. The molecule has 0 aliphatic heterocycles. The summed E-state index contributed by atoms with van der Waals surface area (Å²) in [4.78, 5) is 11.6. The highest BCUT2D eigenvalue weighted by Gasteiger charge is 2.09. The highest BCUT2D eigenvalue weighted by Crippen LogP contribution is 2.03. The number of nitrogens with one attached hydrogen (secondary N) is 1. The van der Waals surface area contributed by atoms with Gasteiger partial charge >= 0.3 is 5.97 Å². The molecule has 0 aliphatic rings. The molecule has 5 nitrogen and oxygen atoms in total. The highest BCUT2D eigenvalue weighted by molar-refractivity contribution is 7.92. The van der Waals surface area contributed by atoms with Crippen LogP contribution in [0.1, 0.15) is 11.1 Å². The summed E-state index contributed by atoms with van der Waals surface area (Å²) >= 11 is 0. The van der Waals surface area contributed by atoms with Crippen molar-refractivity contribution in [1.82, 2.24) is 4.72 Å². The molecule has 0 radical (unpaired) electrons. The van der Waals surface area contributed by atoms with E-state index in [9.17, 15) is 13.2 Å². The van der Waals surface area contributed by atoms with Crippen LogP contribution in [0.15, 0.2) is 72.1 Å². The van der Waals surface area contributed by atoms with Crippen molar-refractivity contribution >= 4 is 28.1 Å². The largest absolute Gasteiger partial charge is 0.460 e. The molecule has 0 aromatic heterocycles. The zero-order valence-corrected chi connectivity index (χ0v) is 14.4. The normalized spacial score (nSPS) is 11.8. The molecule has 2 rings (SSSR count). The first kappa shape index (κ1) is 18.6. The monoisotopic (exact) mass is 357 g/mol. The third-order valence-electron chi connectivity index (χ3n) is 3.11. The van der Waals surface area contributed by atoms with Gasteiger partial charge in [0.25, 0.3) is 0 Å². The molecule has 25 heavy (non-hydrogen) atoms. The average molecular weight is 357 g/mol. The van der Waals surface area contributed by atoms with Gasteiger partial charge in [0.05, 0.1) is 0 Å². The van der Waals surface area contributed by atoms with Crippen LogP contribution in [0.5, 0.6) is 0 Å². The minimum Gasteiger partial charge on any atom is -0.460 e. The van der Waals surface area contributed by atoms with Gasteiger partial charge in [-0.05, 0) is 23.3 Å². The quantitative estimate of drug-likeness (QED) is 0.738. The van der Waals surface area contributed by atoms with Crippen LogP contribution in [-0.2, 0) is 19.6 Å². The Morgan fingerprint density at radius 2 is 1.48 bits per heavy atom. The molecular weight excluding hydrogens is 338 g/mol. The Morgan fingerprint density at radius 1 is 0.920 bits per heavy atom. The summed E-state index contributed by atoms with van der Waals surface area (Å²) in [5.41, 5.74) is 1.74. The summed E-state index contributed by atoms with van der Waals surface area (Å²) in [5.74, 6) is -0.644. The molecule has 2 aromatic rings. The Morgan fingerprint density at radius 3 is 2.08 bits per heavy atom. The Labute approximate surface area is 147 Å². The van der Waals surface area contributed by atoms with E-state index in [1.54, 1.807) is 30.3 Å². The highest BCUT2D eigenvalue weighted by atomic mass is 32.2. The molecule has 2 aromatic carbocycles. The molecule has 0 amide bonds. The molecular formula is C19H19NO4S. The zero-order valence-electron chi connectivity index (χ0n) is 13.5. The Hall–Kier alpha value is -2.70. The first-order chi connectivity index (χ1) is 12.1. The number of hydrogen-bond acceptors (Lipinski definition) is 4. The summed E-state index contributed by atoms with van der Waals surface area (Å²) < 4.78 is 30.7. The molecule has 0 atom stereocenters. The van der Waals surface area contributed by atoms with Gasteiger partial charge in [-0.2, -0.15) is 0 Å². The standard InChI is InChI=1S/C19H19NO4S/c21-19(24-14-7-12-17-8-3-1-4-9-17)16-20-25(22,23)15-13-18-10-5-2-6-11-18/h1-13,15,20H,14,16H2/b12-7+,15-13+. The maximum Gasteiger partial charge on any atom is 0.321 e. The molecule has 0 saturated carbocycles. The predicted molar refractivity (Wildman–Crippen MR) is 98.8 cm³/mol. The smallest absolute Gasteiger partial charge is 0.321 e. The molecule has 0 fully saturated rings. The van der Waals surface area contributed by atoms with Crippen LogP contribution in [0.2, 0.25) is 0 Å². The van der Waals surface area contributed by atoms with Crippen molar-refractivity contribution in [1.29, 1.82) is 0 Å². The van der Waals surface area contributed by atoms with Crippen LogP contribution < -0.4 is 4.72 Å². The van der Waals surface area contributed by atoms with Gasteiger partial charge in [-0.1, -0.05) is 66.7 Å². The minimum atomic E-state index is -3.70. The fraction of sp³-hybridized carbons (Fsp3) is 0.105. The SMILES string of the molecule is O=C(CNS(=O)(=O)/C=C/c1ccccc1)OC/C=C/c1ccccc1. The van der Waals surface area contributed by atoms with Crippen molar-refractivity contribution in [3.8, 4) is 0 Å². The van der Waals surface area contributed by atoms with E-state index >= 15 is 0 Å². The molecule has 0 saturated heterocycles.